The first-order valence-corrected chi connectivity index (χ1v) is 9.43. The summed E-state index contributed by atoms with van der Waals surface area (Å²) in [4.78, 5) is 27.2. The Morgan fingerprint density at radius 1 is 1.04 bits per heavy atom. The van der Waals surface area contributed by atoms with Crippen molar-refractivity contribution in [3.63, 3.8) is 0 Å². The fourth-order valence-electron chi connectivity index (χ4n) is 3.75. The molecule has 5 heteroatoms. The molecule has 2 heterocycles. The number of hydrogen-bond donors (Lipinski definition) is 0. The molecule has 0 saturated heterocycles. The predicted molar refractivity (Wildman–Crippen MR) is 103 cm³/mol. The SMILES string of the molecule is CC1Cc2ccccc2N(C(=O)CCC(=O)c2ccc3c(c2)OCCO3)C1. The number of para-hydroxylation sites is 1. The maximum atomic E-state index is 12.8. The van der Waals surface area contributed by atoms with Gasteiger partial charge in [-0.25, -0.2) is 0 Å². The summed E-state index contributed by atoms with van der Waals surface area (Å²) >= 11 is 0. The van der Waals surface area contributed by atoms with E-state index in [1.54, 1.807) is 18.2 Å². The zero-order valence-corrected chi connectivity index (χ0v) is 15.4. The minimum absolute atomic E-state index is 0.0000988. The lowest BCUT2D eigenvalue weighted by Crippen LogP contribution is -2.39. The number of ketones is 1. The quantitative estimate of drug-likeness (QED) is 0.776. The number of carbonyl (C=O) groups is 2. The molecule has 1 unspecified atom stereocenters. The third kappa shape index (κ3) is 3.68. The topological polar surface area (TPSA) is 55.8 Å². The highest BCUT2D eigenvalue weighted by atomic mass is 16.6. The van der Waals surface area contributed by atoms with Crippen LogP contribution in [0, 0.1) is 5.92 Å². The van der Waals surface area contributed by atoms with Gasteiger partial charge in [-0.05, 0) is 42.2 Å². The second-order valence-corrected chi connectivity index (χ2v) is 7.22. The van der Waals surface area contributed by atoms with E-state index in [2.05, 4.69) is 13.0 Å². The Morgan fingerprint density at radius 3 is 2.67 bits per heavy atom. The molecule has 0 saturated carbocycles. The van der Waals surface area contributed by atoms with Crippen LogP contribution in [-0.4, -0.2) is 31.4 Å². The lowest BCUT2D eigenvalue weighted by molar-refractivity contribution is -0.118. The first-order valence-electron chi connectivity index (χ1n) is 9.43. The van der Waals surface area contributed by atoms with Crippen LogP contribution in [0.5, 0.6) is 11.5 Å². The third-order valence-corrected chi connectivity index (χ3v) is 5.08. The van der Waals surface area contributed by atoms with E-state index >= 15 is 0 Å². The van der Waals surface area contributed by atoms with Crippen molar-refractivity contribution in [3.8, 4) is 11.5 Å². The van der Waals surface area contributed by atoms with Crippen LogP contribution < -0.4 is 14.4 Å². The number of amides is 1. The van der Waals surface area contributed by atoms with Crippen LogP contribution >= 0.6 is 0 Å². The lowest BCUT2D eigenvalue weighted by Gasteiger charge is -2.33. The molecular weight excluding hydrogens is 342 g/mol. The lowest BCUT2D eigenvalue weighted by atomic mass is 9.93. The molecule has 5 nitrogen and oxygen atoms in total. The first-order chi connectivity index (χ1) is 13.1. The van der Waals surface area contributed by atoms with Gasteiger partial charge in [0.15, 0.2) is 17.3 Å². The summed E-state index contributed by atoms with van der Waals surface area (Å²) in [6, 6.07) is 13.2. The van der Waals surface area contributed by atoms with Crippen LogP contribution in [0.1, 0.15) is 35.7 Å². The zero-order chi connectivity index (χ0) is 18.8. The molecule has 0 aromatic heterocycles. The second kappa shape index (κ2) is 7.43. The molecule has 0 spiro atoms. The van der Waals surface area contributed by atoms with E-state index in [0.717, 1.165) is 12.1 Å². The Kier molecular flexibility index (Phi) is 4.84. The summed E-state index contributed by atoms with van der Waals surface area (Å²) in [6.07, 6.45) is 1.37. The minimum Gasteiger partial charge on any atom is -0.486 e. The van der Waals surface area contributed by atoms with Crippen molar-refractivity contribution in [2.75, 3.05) is 24.7 Å². The number of benzene rings is 2. The molecule has 140 valence electrons. The van der Waals surface area contributed by atoms with Crippen LogP contribution in [0.25, 0.3) is 0 Å². The number of nitrogens with zero attached hydrogens (tertiary/aromatic N) is 1. The van der Waals surface area contributed by atoms with Crippen molar-refractivity contribution < 1.29 is 19.1 Å². The Balaban J connectivity index is 1.43. The molecular formula is C22H23NO4. The van der Waals surface area contributed by atoms with Gasteiger partial charge in [-0.15, -0.1) is 0 Å². The van der Waals surface area contributed by atoms with Crippen molar-refractivity contribution >= 4 is 17.4 Å². The van der Waals surface area contributed by atoms with Crippen LogP contribution in [-0.2, 0) is 11.2 Å². The number of anilines is 1. The normalized spacial score (nSPS) is 18.0. The fraction of sp³-hybridized carbons (Fsp3) is 0.364. The first kappa shape index (κ1) is 17.6. The number of fused-ring (bicyclic) bond motifs is 2. The summed E-state index contributed by atoms with van der Waals surface area (Å²) in [5.74, 6) is 1.61. The van der Waals surface area contributed by atoms with E-state index in [0.29, 0.717) is 42.7 Å². The van der Waals surface area contributed by atoms with E-state index in [1.165, 1.54) is 5.56 Å². The number of Topliss-reactive ketones (excluding diaryl/α,β-unsaturated/α-hetero) is 1. The number of ether oxygens (including phenoxy) is 2. The number of hydrogen-bond acceptors (Lipinski definition) is 4. The fourth-order valence-corrected chi connectivity index (χ4v) is 3.75. The Labute approximate surface area is 158 Å². The summed E-state index contributed by atoms with van der Waals surface area (Å²) in [5.41, 5.74) is 2.73. The van der Waals surface area contributed by atoms with Crippen molar-refractivity contribution in [1.29, 1.82) is 0 Å². The molecule has 4 rings (SSSR count). The van der Waals surface area contributed by atoms with Gasteiger partial charge in [0.1, 0.15) is 13.2 Å². The molecule has 0 fully saturated rings. The number of rotatable bonds is 4. The van der Waals surface area contributed by atoms with Crippen LogP contribution in [0.4, 0.5) is 5.69 Å². The largest absolute Gasteiger partial charge is 0.486 e. The van der Waals surface area contributed by atoms with Gasteiger partial charge >= 0.3 is 0 Å². The molecule has 0 bridgehead atoms. The molecule has 27 heavy (non-hydrogen) atoms. The van der Waals surface area contributed by atoms with E-state index < -0.39 is 0 Å². The standard InChI is InChI=1S/C22H23NO4/c1-15-12-16-4-2-3-5-18(16)23(14-15)22(25)9-7-19(24)17-6-8-20-21(13-17)27-11-10-26-20/h2-6,8,13,15H,7,9-12,14H2,1H3. The number of carbonyl (C=O) groups excluding carboxylic acids is 2. The highest BCUT2D eigenvalue weighted by Crippen LogP contribution is 2.32. The van der Waals surface area contributed by atoms with E-state index in [4.69, 9.17) is 9.47 Å². The predicted octanol–water partition coefficient (Wildman–Crippen LogP) is 3.65. The highest BCUT2D eigenvalue weighted by Gasteiger charge is 2.26. The monoisotopic (exact) mass is 365 g/mol. The Morgan fingerprint density at radius 2 is 1.81 bits per heavy atom. The molecule has 0 aliphatic carbocycles. The van der Waals surface area contributed by atoms with Gasteiger partial charge in [-0.1, -0.05) is 25.1 Å². The van der Waals surface area contributed by atoms with E-state index in [1.807, 2.05) is 23.1 Å². The van der Waals surface area contributed by atoms with Gasteiger partial charge in [-0.3, -0.25) is 9.59 Å². The van der Waals surface area contributed by atoms with Crippen LogP contribution in [0.2, 0.25) is 0 Å². The summed E-state index contributed by atoms with van der Waals surface area (Å²) in [6.45, 7) is 3.85. The van der Waals surface area contributed by atoms with Crippen molar-refractivity contribution in [2.45, 2.75) is 26.2 Å². The molecule has 2 aromatic rings. The minimum atomic E-state index is -0.0568. The van der Waals surface area contributed by atoms with Gasteiger partial charge in [0.25, 0.3) is 0 Å². The third-order valence-electron chi connectivity index (χ3n) is 5.08. The summed E-state index contributed by atoms with van der Waals surface area (Å²) in [5, 5.41) is 0. The summed E-state index contributed by atoms with van der Waals surface area (Å²) in [7, 11) is 0. The van der Waals surface area contributed by atoms with E-state index in [-0.39, 0.29) is 24.5 Å². The van der Waals surface area contributed by atoms with Gasteiger partial charge < -0.3 is 14.4 Å². The van der Waals surface area contributed by atoms with Gasteiger partial charge in [0.05, 0.1) is 0 Å². The molecule has 0 radical (unpaired) electrons. The Hall–Kier alpha value is -2.82. The smallest absolute Gasteiger partial charge is 0.227 e. The second-order valence-electron chi connectivity index (χ2n) is 7.22. The van der Waals surface area contributed by atoms with Gasteiger partial charge in [0.2, 0.25) is 5.91 Å². The van der Waals surface area contributed by atoms with Crippen molar-refractivity contribution in [1.82, 2.24) is 0 Å². The summed E-state index contributed by atoms with van der Waals surface area (Å²) < 4.78 is 11.0. The zero-order valence-electron chi connectivity index (χ0n) is 15.4. The maximum absolute atomic E-state index is 12.8. The molecule has 1 atom stereocenters. The van der Waals surface area contributed by atoms with Crippen LogP contribution in [0.15, 0.2) is 42.5 Å². The molecule has 2 aliphatic rings. The van der Waals surface area contributed by atoms with Gasteiger partial charge in [0, 0.05) is 30.6 Å². The van der Waals surface area contributed by atoms with Crippen molar-refractivity contribution in [2.24, 2.45) is 5.92 Å². The molecule has 2 aromatic carbocycles. The average Bonchev–Trinajstić information content (AvgIpc) is 2.70. The van der Waals surface area contributed by atoms with E-state index in [9.17, 15) is 9.59 Å². The Bertz CT molecular complexity index is 876. The molecule has 0 N–H and O–H groups in total. The molecule has 1 amide bonds. The van der Waals surface area contributed by atoms with Gasteiger partial charge in [-0.2, -0.15) is 0 Å². The van der Waals surface area contributed by atoms with Crippen molar-refractivity contribution in [3.05, 3.63) is 53.6 Å². The average molecular weight is 365 g/mol. The molecule has 2 aliphatic heterocycles. The maximum Gasteiger partial charge on any atom is 0.227 e. The highest BCUT2D eigenvalue weighted by molar-refractivity contribution is 6.01. The van der Waals surface area contributed by atoms with Crippen LogP contribution in [0.3, 0.4) is 0 Å².